The number of furan rings is 1. The van der Waals surface area contributed by atoms with Crippen molar-refractivity contribution in [2.24, 2.45) is 7.05 Å². The van der Waals surface area contributed by atoms with E-state index in [2.05, 4.69) is 10.4 Å². The molecule has 1 atom stereocenters. The van der Waals surface area contributed by atoms with Crippen LogP contribution in [0.3, 0.4) is 0 Å². The van der Waals surface area contributed by atoms with Crippen molar-refractivity contribution in [3.05, 3.63) is 41.6 Å². The Balaban J connectivity index is 2.01. The molecule has 0 aliphatic carbocycles. The Morgan fingerprint density at radius 1 is 1.63 bits per heavy atom. The summed E-state index contributed by atoms with van der Waals surface area (Å²) in [5.41, 5.74) is -0.0265. The first kappa shape index (κ1) is 13.4. The van der Waals surface area contributed by atoms with Crippen molar-refractivity contribution in [2.45, 2.75) is 19.4 Å². The zero-order chi connectivity index (χ0) is 14.0. The fourth-order valence-corrected chi connectivity index (χ4v) is 1.69. The summed E-state index contributed by atoms with van der Waals surface area (Å²) in [5, 5.41) is 16.9. The van der Waals surface area contributed by atoms with E-state index in [-0.39, 0.29) is 12.5 Å². The van der Waals surface area contributed by atoms with Crippen LogP contribution >= 0.6 is 0 Å². The van der Waals surface area contributed by atoms with Crippen LogP contribution in [0.5, 0.6) is 0 Å². The number of hydrogen-bond acceptors (Lipinski definition) is 4. The van der Waals surface area contributed by atoms with Gasteiger partial charge in [0.05, 0.1) is 12.8 Å². The zero-order valence-corrected chi connectivity index (χ0v) is 11.2. The molecule has 0 fully saturated rings. The largest absolute Gasteiger partial charge is 0.466 e. The number of aryl methyl sites for hydroxylation is 2. The summed E-state index contributed by atoms with van der Waals surface area (Å²) in [4.78, 5) is 11.9. The molecule has 2 aromatic rings. The summed E-state index contributed by atoms with van der Waals surface area (Å²) in [6, 6.07) is 5.04. The van der Waals surface area contributed by atoms with Gasteiger partial charge in [0.1, 0.15) is 17.1 Å². The molecule has 102 valence electrons. The van der Waals surface area contributed by atoms with Gasteiger partial charge >= 0.3 is 0 Å². The van der Waals surface area contributed by atoms with Gasteiger partial charge in [0.2, 0.25) is 0 Å². The smallest absolute Gasteiger partial charge is 0.271 e. The third-order valence-electron chi connectivity index (χ3n) is 2.99. The number of aromatic nitrogens is 2. The second kappa shape index (κ2) is 4.89. The Labute approximate surface area is 111 Å². The molecule has 2 aromatic heterocycles. The van der Waals surface area contributed by atoms with Gasteiger partial charge in [0.25, 0.3) is 5.91 Å². The van der Waals surface area contributed by atoms with Gasteiger partial charge in [-0.3, -0.25) is 9.48 Å². The number of aliphatic hydroxyl groups is 1. The highest BCUT2D eigenvalue weighted by atomic mass is 16.4. The lowest BCUT2D eigenvalue weighted by atomic mass is 10.0. The van der Waals surface area contributed by atoms with Crippen LogP contribution in [-0.4, -0.2) is 27.3 Å². The van der Waals surface area contributed by atoms with Crippen molar-refractivity contribution in [1.82, 2.24) is 15.1 Å². The van der Waals surface area contributed by atoms with Gasteiger partial charge in [0.15, 0.2) is 0 Å². The Morgan fingerprint density at radius 2 is 2.37 bits per heavy atom. The zero-order valence-electron chi connectivity index (χ0n) is 11.2. The number of hydrogen-bond donors (Lipinski definition) is 2. The van der Waals surface area contributed by atoms with E-state index in [4.69, 9.17) is 4.42 Å². The number of carbonyl (C=O) groups excluding carboxylic acids is 1. The lowest BCUT2D eigenvalue weighted by Gasteiger charge is -2.20. The van der Waals surface area contributed by atoms with E-state index in [0.29, 0.717) is 11.5 Å². The molecule has 1 amide bonds. The molecular formula is C13H17N3O3. The maximum atomic E-state index is 11.9. The molecule has 2 rings (SSSR count). The topological polar surface area (TPSA) is 80.3 Å². The van der Waals surface area contributed by atoms with Crippen LogP contribution in [0.4, 0.5) is 0 Å². The van der Waals surface area contributed by atoms with E-state index in [1.807, 2.05) is 6.92 Å². The Bertz CT molecular complexity index is 550. The van der Waals surface area contributed by atoms with E-state index >= 15 is 0 Å². The van der Waals surface area contributed by atoms with E-state index in [1.165, 1.54) is 6.26 Å². The van der Waals surface area contributed by atoms with Crippen molar-refractivity contribution >= 4 is 5.91 Å². The van der Waals surface area contributed by atoms with Gasteiger partial charge in [-0.1, -0.05) is 0 Å². The van der Waals surface area contributed by atoms with Crippen molar-refractivity contribution in [1.29, 1.82) is 0 Å². The summed E-state index contributed by atoms with van der Waals surface area (Å²) >= 11 is 0. The average Bonchev–Trinajstić information content (AvgIpc) is 2.98. The minimum atomic E-state index is -1.25. The highest BCUT2D eigenvalue weighted by Crippen LogP contribution is 2.19. The predicted octanol–water partition coefficient (Wildman–Crippen LogP) is 0.959. The monoisotopic (exact) mass is 263 g/mol. The van der Waals surface area contributed by atoms with E-state index in [9.17, 15) is 9.90 Å². The first-order valence-electron chi connectivity index (χ1n) is 5.95. The summed E-state index contributed by atoms with van der Waals surface area (Å²) < 4.78 is 6.76. The first-order chi connectivity index (χ1) is 8.90. The minimum absolute atomic E-state index is 0.0506. The predicted molar refractivity (Wildman–Crippen MR) is 68.6 cm³/mol. The van der Waals surface area contributed by atoms with Gasteiger partial charge in [-0.25, -0.2) is 0 Å². The van der Waals surface area contributed by atoms with Gasteiger partial charge in [-0.05, 0) is 32.0 Å². The summed E-state index contributed by atoms with van der Waals surface area (Å²) in [5.74, 6) is 0.0838. The molecule has 0 saturated heterocycles. The van der Waals surface area contributed by atoms with Gasteiger partial charge in [-0.2, -0.15) is 5.10 Å². The van der Waals surface area contributed by atoms with Gasteiger partial charge in [-0.15, -0.1) is 0 Å². The minimum Gasteiger partial charge on any atom is -0.466 e. The van der Waals surface area contributed by atoms with Crippen molar-refractivity contribution in [2.75, 3.05) is 6.54 Å². The van der Waals surface area contributed by atoms with Crippen LogP contribution in [0.2, 0.25) is 0 Å². The molecule has 0 spiro atoms. The molecule has 0 bridgehead atoms. The van der Waals surface area contributed by atoms with Crippen LogP contribution < -0.4 is 5.32 Å². The maximum absolute atomic E-state index is 11.9. The molecule has 2 heterocycles. The first-order valence-corrected chi connectivity index (χ1v) is 5.95. The number of nitrogens with one attached hydrogen (secondary N) is 1. The summed E-state index contributed by atoms with van der Waals surface area (Å²) in [7, 11) is 1.77. The van der Waals surface area contributed by atoms with Gasteiger partial charge < -0.3 is 14.8 Å². The lowest BCUT2D eigenvalue weighted by molar-refractivity contribution is 0.0329. The van der Waals surface area contributed by atoms with Crippen molar-refractivity contribution in [3.63, 3.8) is 0 Å². The van der Waals surface area contributed by atoms with Crippen molar-refractivity contribution in [3.8, 4) is 0 Å². The number of rotatable bonds is 4. The molecule has 0 saturated carbocycles. The number of amides is 1. The molecule has 6 heteroatoms. The second-order valence-corrected chi connectivity index (χ2v) is 4.73. The second-order valence-electron chi connectivity index (χ2n) is 4.73. The van der Waals surface area contributed by atoms with Crippen LogP contribution in [-0.2, 0) is 12.6 Å². The van der Waals surface area contributed by atoms with Crippen molar-refractivity contribution < 1.29 is 14.3 Å². The molecule has 0 aliphatic heterocycles. The summed E-state index contributed by atoms with van der Waals surface area (Å²) in [6.07, 6.45) is 1.48. The average molecular weight is 263 g/mol. The molecular weight excluding hydrogens is 246 g/mol. The SMILES string of the molecule is Cc1cc(C(=O)NCC(C)(O)c2ccco2)nn1C. The van der Waals surface area contributed by atoms with Gasteiger partial charge in [0, 0.05) is 12.7 Å². The fraction of sp³-hybridized carbons (Fsp3) is 0.385. The number of carbonyl (C=O) groups is 1. The Morgan fingerprint density at radius 3 is 2.89 bits per heavy atom. The normalized spacial score (nSPS) is 14.1. The fourth-order valence-electron chi connectivity index (χ4n) is 1.69. The third-order valence-corrected chi connectivity index (χ3v) is 2.99. The molecule has 0 aromatic carbocycles. The van der Waals surface area contributed by atoms with E-state index in [1.54, 1.807) is 36.9 Å². The summed E-state index contributed by atoms with van der Waals surface area (Å²) in [6.45, 7) is 3.49. The Kier molecular flexibility index (Phi) is 3.44. The van der Waals surface area contributed by atoms with Crippen LogP contribution in [0.15, 0.2) is 28.9 Å². The quantitative estimate of drug-likeness (QED) is 0.861. The molecule has 1 unspecified atom stereocenters. The molecule has 0 aliphatic rings. The number of nitrogens with zero attached hydrogens (tertiary/aromatic N) is 2. The van der Waals surface area contributed by atoms with Crippen LogP contribution in [0.25, 0.3) is 0 Å². The van der Waals surface area contributed by atoms with E-state index in [0.717, 1.165) is 5.69 Å². The highest BCUT2D eigenvalue weighted by Gasteiger charge is 2.27. The standard InChI is InChI=1S/C13H17N3O3/c1-9-7-10(15-16(9)3)12(17)14-8-13(2,18)11-5-4-6-19-11/h4-7,18H,8H2,1-3H3,(H,14,17). The lowest BCUT2D eigenvalue weighted by Crippen LogP contribution is -2.38. The van der Waals surface area contributed by atoms with Crippen LogP contribution in [0.1, 0.15) is 28.9 Å². The van der Waals surface area contributed by atoms with E-state index < -0.39 is 5.60 Å². The molecule has 19 heavy (non-hydrogen) atoms. The van der Waals surface area contributed by atoms with Crippen LogP contribution in [0, 0.1) is 6.92 Å². The Hall–Kier alpha value is -2.08. The molecule has 0 radical (unpaired) electrons. The third kappa shape index (κ3) is 2.85. The molecule has 6 nitrogen and oxygen atoms in total. The molecule has 2 N–H and O–H groups in total. The highest BCUT2D eigenvalue weighted by molar-refractivity contribution is 5.92. The maximum Gasteiger partial charge on any atom is 0.271 e.